The number of carbonyl (C=O) groups excluding carboxylic acids is 2. The van der Waals surface area contributed by atoms with Crippen LogP contribution in [-0.4, -0.2) is 74.9 Å². The van der Waals surface area contributed by atoms with Crippen molar-refractivity contribution >= 4 is 19.8 Å². The average molecular weight is 835 g/mol. The Labute approximate surface area is 355 Å². The summed E-state index contributed by atoms with van der Waals surface area (Å²) in [5.74, 6) is -0.891. The molecule has 0 heterocycles. The van der Waals surface area contributed by atoms with Crippen molar-refractivity contribution in [1.29, 1.82) is 0 Å². The summed E-state index contributed by atoms with van der Waals surface area (Å²) in [5.41, 5.74) is 0. The Morgan fingerprint density at radius 1 is 0.534 bits per heavy atom. The van der Waals surface area contributed by atoms with Crippen molar-refractivity contribution in [1.82, 2.24) is 0 Å². The molecule has 0 aliphatic carbocycles. The molecule has 0 saturated carbocycles. The summed E-state index contributed by atoms with van der Waals surface area (Å²) in [7, 11) is 1.42. The smallest absolute Gasteiger partial charge is 0.462 e. The number of phosphoric acid groups is 1. The summed E-state index contributed by atoms with van der Waals surface area (Å²) in [4.78, 5) is 35.4. The van der Waals surface area contributed by atoms with Gasteiger partial charge in [-0.15, -0.1) is 0 Å². The predicted molar refractivity (Wildman–Crippen MR) is 242 cm³/mol. The fourth-order valence-corrected chi connectivity index (χ4v) is 6.36. The normalized spacial score (nSPS) is 14.2. The second kappa shape index (κ2) is 39.9. The van der Waals surface area contributed by atoms with E-state index in [0.717, 1.165) is 57.8 Å². The lowest BCUT2D eigenvalue weighted by atomic mass is 10.1. The molecule has 0 aromatic carbocycles. The number of rotatable bonds is 40. The van der Waals surface area contributed by atoms with Crippen LogP contribution in [0.15, 0.2) is 72.9 Å². The molecule has 10 heteroatoms. The lowest BCUT2D eigenvalue weighted by Crippen LogP contribution is -2.37. The summed E-state index contributed by atoms with van der Waals surface area (Å²) in [5, 5.41) is 0. The van der Waals surface area contributed by atoms with Crippen LogP contribution in [0.25, 0.3) is 0 Å². The van der Waals surface area contributed by atoms with Crippen molar-refractivity contribution in [2.75, 3.05) is 47.5 Å². The van der Waals surface area contributed by atoms with Gasteiger partial charge in [0.05, 0.1) is 27.7 Å². The Balaban J connectivity index is 4.49. The molecule has 0 aromatic heterocycles. The molecule has 0 aromatic rings. The molecule has 2 atom stereocenters. The second-order valence-corrected chi connectivity index (χ2v) is 17.5. The number of ether oxygens (including phenoxy) is 2. The highest BCUT2D eigenvalue weighted by Crippen LogP contribution is 2.43. The van der Waals surface area contributed by atoms with Crippen LogP contribution in [-0.2, 0) is 32.7 Å². The first-order chi connectivity index (χ1) is 28.0. The van der Waals surface area contributed by atoms with E-state index in [-0.39, 0.29) is 26.1 Å². The number of hydrogen-bond acceptors (Lipinski definition) is 7. The van der Waals surface area contributed by atoms with Gasteiger partial charge in [0.1, 0.15) is 19.8 Å². The van der Waals surface area contributed by atoms with E-state index in [4.69, 9.17) is 18.5 Å². The van der Waals surface area contributed by atoms with Crippen LogP contribution in [0, 0.1) is 0 Å². The molecule has 334 valence electrons. The molecule has 9 nitrogen and oxygen atoms in total. The fraction of sp³-hybridized carbons (Fsp3) is 0.708. The van der Waals surface area contributed by atoms with Gasteiger partial charge in [-0.05, 0) is 83.5 Å². The first-order valence-corrected chi connectivity index (χ1v) is 24.2. The van der Waals surface area contributed by atoms with E-state index >= 15 is 0 Å². The Hall–Kier alpha value is -2.55. The van der Waals surface area contributed by atoms with Gasteiger partial charge >= 0.3 is 19.8 Å². The van der Waals surface area contributed by atoms with Crippen LogP contribution < -0.4 is 0 Å². The summed E-state index contributed by atoms with van der Waals surface area (Å²) in [6.45, 7) is 4.29. The van der Waals surface area contributed by atoms with Crippen molar-refractivity contribution in [2.24, 2.45) is 0 Å². The third kappa shape index (κ3) is 43.0. The van der Waals surface area contributed by atoms with E-state index < -0.39 is 32.5 Å². The predicted octanol–water partition coefficient (Wildman–Crippen LogP) is 13.0. The van der Waals surface area contributed by atoms with Gasteiger partial charge in [0.2, 0.25) is 0 Å². The molecule has 1 N–H and O–H groups in total. The van der Waals surface area contributed by atoms with Crippen molar-refractivity contribution < 1.29 is 42.1 Å². The molecular formula is C48H85NO8P+. The summed E-state index contributed by atoms with van der Waals surface area (Å²) >= 11 is 0. The molecule has 0 amide bonds. The third-order valence-corrected chi connectivity index (χ3v) is 10.2. The minimum atomic E-state index is -4.40. The molecular weight excluding hydrogens is 750 g/mol. The Morgan fingerprint density at radius 2 is 0.948 bits per heavy atom. The first-order valence-electron chi connectivity index (χ1n) is 22.7. The number of nitrogens with zero attached hydrogens (tertiary/aromatic N) is 1. The summed E-state index contributed by atoms with van der Waals surface area (Å²) < 4.78 is 34.2. The van der Waals surface area contributed by atoms with Crippen LogP contribution in [0.2, 0.25) is 0 Å². The Kier molecular flexibility index (Phi) is 38.1. The molecule has 0 radical (unpaired) electrons. The van der Waals surface area contributed by atoms with Gasteiger partial charge in [0.15, 0.2) is 6.10 Å². The number of unbranched alkanes of at least 4 members (excludes halogenated alkanes) is 14. The topological polar surface area (TPSA) is 108 Å². The monoisotopic (exact) mass is 835 g/mol. The second-order valence-electron chi connectivity index (χ2n) is 16.1. The van der Waals surface area contributed by atoms with Gasteiger partial charge in [-0.1, -0.05) is 145 Å². The number of allylic oxidation sites excluding steroid dienone is 12. The minimum Gasteiger partial charge on any atom is -0.462 e. The molecule has 0 fully saturated rings. The number of esters is 2. The maximum Gasteiger partial charge on any atom is 0.472 e. The van der Waals surface area contributed by atoms with E-state index in [2.05, 4.69) is 86.8 Å². The van der Waals surface area contributed by atoms with Gasteiger partial charge in [-0.3, -0.25) is 18.6 Å². The van der Waals surface area contributed by atoms with E-state index in [9.17, 15) is 19.0 Å². The van der Waals surface area contributed by atoms with E-state index in [0.29, 0.717) is 30.3 Å². The van der Waals surface area contributed by atoms with Crippen LogP contribution >= 0.6 is 7.82 Å². The lowest BCUT2D eigenvalue weighted by molar-refractivity contribution is -0.870. The summed E-state index contributed by atoms with van der Waals surface area (Å²) in [6.07, 6.45) is 49.6. The highest BCUT2D eigenvalue weighted by Gasteiger charge is 2.27. The molecule has 0 rings (SSSR count). The van der Waals surface area contributed by atoms with Crippen LogP contribution in [0.5, 0.6) is 0 Å². The number of hydrogen-bond donors (Lipinski definition) is 1. The SMILES string of the molecule is CCCCC/C=C/C/C=C/C/C=C/CCCCCCC(=O)OC[C@H](COP(=O)(O)OCC[N+](C)(C)C)OC(=O)CCC/C=C/C/C=C/C/C=C/CCCCCCCC. The largest absolute Gasteiger partial charge is 0.472 e. The Bertz CT molecular complexity index is 1220. The molecule has 0 spiro atoms. The van der Waals surface area contributed by atoms with Crippen molar-refractivity contribution in [3.8, 4) is 0 Å². The van der Waals surface area contributed by atoms with E-state index in [1.165, 1.54) is 64.2 Å². The lowest BCUT2D eigenvalue weighted by Gasteiger charge is -2.24. The third-order valence-electron chi connectivity index (χ3n) is 9.21. The highest BCUT2D eigenvalue weighted by atomic mass is 31.2. The first kappa shape index (κ1) is 55.5. The fourth-order valence-electron chi connectivity index (χ4n) is 5.62. The van der Waals surface area contributed by atoms with Gasteiger partial charge in [0.25, 0.3) is 0 Å². The van der Waals surface area contributed by atoms with Crippen molar-refractivity contribution in [3.63, 3.8) is 0 Å². The minimum absolute atomic E-state index is 0.0153. The van der Waals surface area contributed by atoms with Gasteiger partial charge < -0.3 is 18.9 Å². The van der Waals surface area contributed by atoms with Gasteiger partial charge in [-0.25, -0.2) is 4.57 Å². The van der Waals surface area contributed by atoms with Crippen LogP contribution in [0.1, 0.15) is 168 Å². The number of carbonyl (C=O) groups is 2. The van der Waals surface area contributed by atoms with E-state index in [1.807, 2.05) is 21.1 Å². The van der Waals surface area contributed by atoms with Crippen LogP contribution in [0.3, 0.4) is 0 Å². The molecule has 0 bridgehead atoms. The maximum atomic E-state index is 12.7. The molecule has 0 aliphatic heterocycles. The number of quaternary nitrogens is 1. The highest BCUT2D eigenvalue weighted by molar-refractivity contribution is 7.47. The molecule has 0 aliphatic rings. The molecule has 0 saturated heterocycles. The summed E-state index contributed by atoms with van der Waals surface area (Å²) in [6, 6.07) is 0. The molecule has 1 unspecified atom stereocenters. The zero-order chi connectivity index (χ0) is 42.8. The van der Waals surface area contributed by atoms with Crippen molar-refractivity contribution in [2.45, 2.75) is 174 Å². The van der Waals surface area contributed by atoms with E-state index in [1.54, 1.807) is 0 Å². The Morgan fingerprint density at radius 3 is 1.47 bits per heavy atom. The van der Waals surface area contributed by atoms with Gasteiger partial charge in [-0.2, -0.15) is 0 Å². The van der Waals surface area contributed by atoms with Gasteiger partial charge in [0, 0.05) is 12.8 Å². The quantitative estimate of drug-likeness (QED) is 0.0214. The number of phosphoric ester groups is 1. The number of likely N-dealkylation sites (N-methyl/N-ethyl adjacent to an activating group) is 1. The zero-order valence-electron chi connectivity index (χ0n) is 37.5. The zero-order valence-corrected chi connectivity index (χ0v) is 38.4. The maximum absolute atomic E-state index is 12.7. The van der Waals surface area contributed by atoms with Crippen molar-refractivity contribution in [3.05, 3.63) is 72.9 Å². The molecule has 58 heavy (non-hydrogen) atoms. The van der Waals surface area contributed by atoms with Crippen LogP contribution in [0.4, 0.5) is 0 Å². The average Bonchev–Trinajstić information content (AvgIpc) is 3.17. The standard InChI is InChI=1S/C48H84NO8P/c1-6-8-10-12-14-16-18-20-22-24-26-28-30-32-34-36-38-40-47(50)54-44-46(45-56-58(52,53)55-43-42-49(3,4)5)57-48(51)41-39-37-35-33-31-29-27-25-23-21-19-17-15-13-11-9-7-2/h14,16,20-23,26-29,33,35,46H,6-13,15,17-19,24-25,30-32,34,36-45H2,1-5H3/p+1/b16-14+,22-20+,23-21+,28-26+,29-27+,35-33+/t46-/m1/s1.